The Kier molecular flexibility index (Phi) is 7.72. The number of aliphatic carboxylic acids is 1. The van der Waals surface area contributed by atoms with E-state index in [1.54, 1.807) is 6.92 Å². The molecule has 2 atom stereocenters. The first kappa shape index (κ1) is 23.4. The van der Waals surface area contributed by atoms with Crippen LogP contribution in [-0.4, -0.2) is 40.5 Å². The molecule has 0 saturated carbocycles. The fraction of sp³-hybridized carbons (Fsp3) is 0.250. The molecule has 0 aromatic heterocycles. The van der Waals surface area contributed by atoms with E-state index in [4.69, 9.17) is 4.74 Å². The molecule has 9 nitrogen and oxygen atoms in total. The first-order valence-electron chi connectivity index (χ1n) is 9.02. The van der Waals surface area contributed by atoms with Gasteiger partial charge < -0.3 is 15.2 Å². The maximum absolute atomic E-state index is 13.4. The van der Waals surface area contributed by atoms with Crippen molar-refractivity contribution in [1.29, 1.82) is 0 Å². The van der Waals surface area contributed by atoms with E-state index in [0.717, 1.165) is 24.3 Å². The Morgan fingerprint density at radius 1 is 1.13 bits per heavy atom. The first-order valence-corrected chi connectivity index (χ1v) is 9.02. The molecule has 11 heteroatoms. The lowest BCUT2D eigenvalue weighted by molar-refractivity contribution is -0.384. The number of halogens is 2. The molecule has 0 bridgehead atoms. The molecule has 1 amide bonds. The Bertz CT molecular complexity index is 975. The lowest BCUT2D eigenvalue weighted by Gasteiger charge is -2.25. The highest BCUT2D eigenvalue weighted by Crippen LogP contribution is 2.27. The maximum Gasteiger partial charge on any atom is 0.326 e. The van der Waals surface area contributed by atoms with E-state index in [0.29, 0.717) is 6.07 Å². The van der Waals surface area contributed by atoms with Gasteiger partial charge in [0.1, 0.15) is 17.7 Å². The van der Waals surface area contributed by atoms with Crippen molar-refractivity contribution in [3.63, 3.8) is 0 Å². The van der Waals surface area contributed by atoms with Crippen LogP contribution in [0, 0.1) is 21.7 Å². The van der Waals surface area contributed by atoms with Crippen molar-refractivity contribution in [2.24, 2.45) is 0 Å². The Morgan fingerprint density at radius 2 is 1.71 bits per heavy atom. The summed E-state index contributed by atoms with van der Waals surface area (Å²) in [4.78, 5) is 46.6. The third-order valence-corrected chi connectivity index (χ3v) is 4.30. The summed E-state index contributed by atoms with van der Waals surface area (Å²) in [7, 11) is 0. The average Bonchev–Trinajstić information content (AvgIpc) is 2.69. The number of nitro benzene ring substituents is 1. The van der Waals surface area contributed by atoms with Crippen molar-refractivity contribution in [2.45, 2.75) is 25.3 Å². The number of amides is 1. The van der Waals surface area contributed by atoms with Gasteiger partial charge in [-0.15, -0.1) is 0 Å². The second kappa shape index (κ2) is 10.2. The molecule has 0 fully saturated rings. The minimum Gasteiger partial charge on any atom is -0.480 e. The predicted octanol–water partition coefficient (Wildman–Crippen LogP) is 2.79. The standard InChI is InChI=1S/C20H18F2N2O7/c1-2-31-17(25)10-16(11-3-5-15(6-4-11)24(29)30)18(20(27)28)23-19(26)12-7-13(21)9-14(22)8-12/h3-9,16,18H,2,10H2,1H3,(H,23,26)(H,27,28)/t16-,18-/m1/s1. The van der Waals surface area contributed by atoms with Crippen LogP contribution in [0.4, 0.5) is 14.5 Å². The number of carboxylic acid groups (broad SMARTS) is 1. The Labute approximate surface area is 174 Å². The Morgan fingerprint density at radius 3 is 2.19 bits per heavy atom. The van der Waals surface area contributed by atoms with Crippen LogP contribution in [0.15, 0.2) is 42.5 Å². The number of nitrogens with one attached hydrogen (secondary N) is 1. The van der Waals surface area contributed by atoms with Gasteiger partial charge in [-0.3, -0.25) is 19.7 Å². The number of carbonyl (C=O) groups excluding carboxylic acids is 2. The number of carbonyl (C=O) groups is 3. The van der Waals surface area contributed by atoms with Crippen molar-refractivity contribution in [1.82, 2.24) is 5.32 Å². The summed E-state index contributed by atoms with van der Waals surface area (Å²) in [6.07, 6.45) is -0.472. The van der Waals surface area contributed by atoms with Crippen LogP contribution in [-0.2, 0) is 14.3 Å². The molecule has 2 aromatic carbocycles. The number of esters is 1. The summed E-state index contributed by atoms with van der Waals surface area (Å²) in [5, 5.41) is 22.7. The van der Waals surface area contributed by atoms with E-state index in [-0.39, 0.29) is 17.9 Å². The van der Waals surface area contributed by atoms with Gasteiger partial charge in [-0.25, -0.2) is 13.6 Å². The number of nitro groups is 1. The SMILES string of the molecule is CCOC(=O)C[C@H](c1ccc([N+](=O)[O-])cc1)[C@@H](NC(=O)c1cc(F)cc(F)c1)C(=O)O. The van der Waals surface area contributed by atoms with E-state index in [1.165, 1.54) is 12.1 Å². The van der Waals surface area contributed by atoms with Gasteiger partial charge in [0.15, 0.2) is 0 Å². The third kappa shape index (κ3) is 6.29. The number of non-ortho nitro benzene ring substituents is 1. The first-order chi connectivity index (χ1) is 14.6. The summed E-state index contributed by atoms with van der Waals surface area (Å²) in [6.45, 7) is 1.58. The molecule has 0 aliphatic carbocycles. The van der Waals surface area contributed by atoms with Gasteiger partial charge in [0.05, 0.1) is 18.0 Å². The summed E-state index contributed by atoms with van der Waals surface area (Å²) >= 11 is 0. The second-order valence-electron chi connectivity index (χ2n) is 6.41. The van der Waals surface area contributed by atoms with Crippen LogP contribution in [0.1, 0.15) is 35.2 Å². The van der Waals surface area contributed by atoms with Crippen LogP contribution in [0.3, 0.4) is 0 Å². The monoisotopic (exact) mass is 436 g/mol. The van der Waals surface area contributed by atoms with E-state index in [2.05, 4.69) is 5.32 Å². The zero-order valence-corrected chi connectivity index (χ0v) is 16.2. The fourth-order valence-corrected chi connectivity index (χ4v) is 2.91. The lowest BCUT2D eigenvalue weighted by Crippen LogP contribution is -2.45. The zero-order valence-electron chi connectivity index (χ0n) is 16.2. The van der Waals surface area contributed by atoms with E-state index in [1.807, 2.05) is 0 Å². The summed E-state index contributed by atoms with van der Waals surface area (Å²) in [6, 6.07) is 5.05. The van der Waals surface area contributed by atoms with E-state index >= 15 is 0 Å². The lowest BCUT2D eigenvalue weighted by atomic mass is 9.88. The Balaban J connectivity index is 2.40. The number of carboxylic acids is 1. The molecular weight excluding hydrogens is 418 g/mol. The molecule has 2 aromatic rings. The van der Waals surface area contributed by atoms with Crippen molar-refractivity contribution in [2.75, 3.05) is 6.61 Å². The number of hydrogen-bond donors (Lipinski definition) is 2. The van der Waals surface area contributed by atoms with Crippen LogP contribution >= 0.6 is 0 Å². The smallest absolute Gasteiger partial charge is 0.326 e. The van der Waals surface area contributed by atoms with Gasteiger partial charge in [-0.05, 0) is 24.6 Å². The molecule has 2 rings (SSSR count). The second-order valence-corrected chi connectivity index (χ2v) is 6.41. The van der Waals surface area contributed by atoms with Crippen molar-refractivity contribution in [3.8, 4) is 0 Å². The highest BCUT2D eigenvalue weighted by atomic mass is 19.1. The molecule has 0 saturated heterocycles. The molecule has 0 heterocycles. The molecule has 2 N–H and O–H groups in total. The van der Waals surface area contributed by atoms with E-state index in [9.17, 15) is 38.4 Å². The molecule has 0 aliphatic rings. The molecule has 31 heavy (non-hydrogen) atoms. The minimum absolute atomic E-state index is 0.0263. The van der Waals surface area contributed by atoms with Gasteiger partial charge >= 0.3 is 11.9 Å². The van der Waals surface area contributed by atoms with Crippen LogP contribution in [0.25, 0.3) is 0 Å². The number of nitrogens with zero attached hydrogens (tertiary/aromatic N) is 1. The molecular formula is C20H18F2N2O7. The largest absolute Gasteiger partial charge is 0.480 e. The van der Waals surface area contributed by atoms with Gasteiger partial charge in [-0.2, -0.15) is 0 Å². The zero-order chi connectivity index (χ0) is 23.1. The number of rotatable bonds is 9. The average molecular weight is 436 g/mol. The van der Waals surface area contributed by atoms with Crippen LogP contribution in [0.2, 0.25) is 0 Å². The third-order valence-electron chi connectivity index (χ3n) is 4.30. The minimum atomic E-state index is -1.70. The fourth-order valence-electron chi connectivity index (χ4n) is 2.91. The topological polar surface area (TPSA) is 136 Å². The summed E-state index contributed by atoms with van der Waals surface area (Å²) in [5.74, 6) is -6.62. The summed E-state index contributed by atoms with van der Waals surface area (Å²) in [5.41, 5.74) is -0.510. The molecule has 164 valence electrons. The van der Waals surface area contributed by atoms with Gasteiger partial charge in [-0.1, -0.05) is 12.1 Å². The molecule has 0 aliphatic heterocycles. The van der Waals surface area contributed by atoms with Gasteiger partial charge in [0.2, 0.25) is 0 Å². The van der Waals surface area contributed by atoms with Crippen LogP contribution in [0.5, 0.6) is 0 Å². The van der Waals surface area contributed by atoms with Gasteiger partial charge in [0, 0.05) is 29.7 Å². The summed E-state index contributed by atoms with van der Waals surface area (Å²) < 4.78 is 31.7. The van der Waals surface area contributed by atoms with Gasteiger partial charge in [0.25, 0.3) is 11.6 Å². The quantitative estimate of drug-likeness (QED) is 0.350. The normalized spacial score (nSPS) is 12.5. The molecule has 0 unspecified atom stereocenters. The highest BCUT2D eigenvalue weighted by molar-refractivity contribution is 5.97. The highest BCUT2D eigenvalue weighted by Gasteiger charge is 2.34. The van der Waals surface area contributed by atoms with Crippen molar-refractivity contribution in [3.05, 3.63) is 75.3 Å². The molecule has 0 spiro atoms. The number of hydrogen-bond acceptors (Lipinski definition) is 6. The predicted molar refractivity (Wildman–Crippen MR) is 102 cm³/mol. The van der Waals surface area contributed by atoms with Crippen molar-refractivity contribution >= 4 is 23.5 Å². The van der Waals surface area contributed by atoms with E-state index < -0.39 is 58.3 Å². The van der Waals surface area contributed by atoms with Crippen molar-refractivity contribution < 1.29 is 37.9 Å². The number of ether oxygens (including phenoxy) is 1. The molecule has 0 radical (unpaired) electrons. The number of benzene rings is 2. The van der Waals surface area contributed by atoms with Crippen LogP contribution < -0.4 is 5.32 Å². The Hall–Kier alpha value is -3.89. The maximum atomic E-state index is 13.4.